The van der Waals surface area contributed by atoms with E-state index in [0.717, 1.165) is 31.2 Å². The van der Waals surface area contributed by atoms with Gasteiger partial charge in [-0.1, -0.05) is 31.6 Å². The Balaban J connectivity index is 2.77. The van der Waals surface area contributed by atoms with Gasteiger partial charge in [0, 0.05) is 0 Å². The minimum atomic E-state index is -0.0748. The van der Waals surface area contributed by atoms with E-state index in [4.69, 9.17) is 0 Å². The molecule has 1 heteroatoms. The van der Waals surface area contributed by atoms with Crippen molar-refractivity contribution in [3.05, 3.63) is 47.8 Å². The average Bonchev–Trinajstić information content (AvgIpc) is 2.19. The summed E-state index contributed by atoms with van der Waals surface area (Å²) in [4.78, 5) is 0. The molecular weight excluding hydrogens is 175 g/mol. The minimum absolute atomic E-state index is 0.0748. The molecule has 0 amide bonds. The molecule has 0 heterocycles. The molecule has 0 fully saturated rings. The summed E-state index contributed by atoms with van der Waals surface area (Å²) in [6, 6.07) is 5.41. The van der Waals surface area contributed by atoms with Gasteiger partial charge in [-0.2, -0.15) is 0 Å². The first kappa shape index (κ1) is 11.0. The summed E-state index contributed by atoms with van der Waals surface area (Å²) in [5.41, 5.74) is 2.05. The molecule has 0 spiro atoms. The SMILES string of the molecule is C=CCCc1ccc(F)c(CCC)c1. The number of rotatable bonds is 5. The maximum absolute atomic E-state index is 13.3. The molecule has 0 atom stereocenters. The van der Waals surface area contributed by atoms with Gasteiger partial charge in [0.15, 0.2) is 0 Å². The summed E-state index contributed by atoms with van der Waals surface area (Å²) in [6.07, 6.45) is 5.62. The zero-order valence-corrected chi connectivity index (χ0v) is 8.72. The molecular formula is C13H17F. The van der Waals surface area contributed by atoms with Crippen molar-refractivity contribution in [1.29, 1.82) is 0 Å². The van der Waals surface area contributed by atoms with Gasteiger partial charge in [-0.3, -0.25) is 0 Å². The van der Waals surface area contributed by atoms with E-state index in [1.165, 1.54) is 5.56 Å². The van der Waals surface area contributed by atoms with Crippen LogP contribution in [0.1, 0.15) is 30.9 Å². The normalized spacial score (nSPS) is 10.1. The summed E-state index contributed by atoms with van der Waals surface area (Å²) in [5.74, 6) is -0.0748. The molecule has 76 valence electrons. The lowest BCUT2D eigenvalue weighted by molar-refractivity contribution is 0.606. The Morgan fingerprint density at radius 2 is 2.14 bits per heavy atom. The van der Waals surface area contributed by atoms with Gasteiger partial charge in [-0.05, 0) is 36.5 Å². The van der Waals surface area contributed by atoms with Crippen molar-refractivity contribution < 1.29 is 4.39 Å². The summed E-state index contributed by atoms with van der Waals surface area (Å²) >= 11 is 0. The fourth-order valence-electron chi connectivity index (χ4n) is 1.51. The Hall–Kier alpha value is -1.11. The lowest BCUT2D eigenvalue weighted by Gasteiger charge is -2.04. The molecule has 1 aromatic carbocycles. The van der Waals surface area contributed by atoms with Crippen molar-refractivity contribution in [3.8, 4) is 0 Å². The van der Waals surface area contributed by atoms with Crippen LogP contribution >= 0.6 is 0 Å². The molecule has 0 nitrogen and oxygen atoms in total. The second-order valence-corrected chi connectivity index (χ2v) is 3.50. The molecule has 0 radical (unpaired) electrons. The maximum Gasteiger partial charge on any atom is 0.126 e. The highest BCUT2D eigenvalue weighted by molar-refractivity contribution is 5.25. The molecule has 1 rings (SSSR count). The Kier molecular flexibility index (Phi) is 4.37. The summed E-state index contributed by atoms with van der Waals surface area (Å²) in [6.45, 7) is 5.74. The molecule has 0 aliphatic heterocycles. The van der Waals surface area contributed by atoms with Crippen molar-refractivity contribution in [2.75, 3.05) is 0 Å². The molecule has 0 saturated heterocycles. The molecule has 0 aliphatic rings. The van der Waals surface area contributed by atoms with E-state index in [1.54, 1.807) is 6.07 Å². The average molecular weight is 192 g/mol. The largest absolute Gasteiger partial charge is 0.207 e. The van der Waals surface area contributed by atoms with E-state index < -0.39 is 0 Å². The van der Waals surface area contributed by atoms with E-state index in [0.29, 0.717) is 0 Å². The first-order valence-corrected chi connectivity index (χ1v) is 5.16. The van der Waals surface area contributed by atoms with Gasteiger partial charge in [-0.15, -0.1) is 6.58 Å². The second-order valence-electron chi connectivity index (χ2n) is 3.50. The third-order valence-corrected chi connectivity index (χ3v) is 2.27. The molecule has 0 aliphatic carbocycles. The molecule has 0 bridgehead atoms. The van der Waals surface area contributed by atoms with Gasteiger partial charge in [0.05, 0.1) is 0 Å². The Labute approximate surface area is 85.5 Å². The zero-order chi connectivity index (χ0) is 10.4. The summed E-state index contributed by atoms with van der Waals surface area (Å²) < 4.78 is 13.3. The standard InChI is InChI=1S/C13H17F/c1-3-5-7-11-8-9-13(14)12(10-11)6-4-2/h3,8-10H,1,4-7H2,2H3. The van der Waals surface area contributed by atoms with Crippen molar-refractivity contribution in [3.63, 3.8) is 0 Å². The zero-order valence-electron chi connectivity index (χ0n) is 8.72. The number of halogens is 1. The highest BCUT2D eigenvalue weighted by atomic mass is 19.1. The molecule has 0 saturated carbocycles. The number of aryl methyl sites for hydroxylation is 2. The van der Waals surface area contributed by atoms with Crippen LogP contribution in [-0.2, 0) is 12.8 Å². The summed E-state index contributed by atoms with van der Waals surface area (Å²) in [7, 11) is 0. The molecule has 0 unspecified atom stereocenters. The Morgan fingerprint density at radius 3 is 2.79 bits per heavy atom. The smallest absolute Gasteiger partial charge is 0.126 e. The van der Waals surface area contributed by atoms with Crippen LogP contribution in [0.5, 0.6) is 0 Å². The predicted molar refractivity (Wildman–Crippen MR) is 58.9 cm³/mol. The molecule has 1 aromatic rings. The molecule has 14 heavy (non-hydrogen) atoms. The van der Waals surface area contributed by atoms with Crippen molar-refractivity contribution in [2.45, 2.75) is 32.6 Å². The van der Waals surface area contributed by atoms with E-state index in [9.17, 15) is 4.39 Å². The van der Waals surface area contributed by atoms with Crippen LogP contribution in [0.2, 0.25) is 0 Å². The lowest BCUT2D eigenvalue weighted by atomic mass is 10.0. The quantitative estimate of drug-likeness (QED) is 0.621. The van der Waals surface area contributed by atoms with E-state index in [2.05, 4.69) is 13.5 Å². The van der Waals surface area contributed by atoms with Crippen LogP contribution in [0.4, 0.5) is 4.39 Å². The predicted octanol–water partition coefficient (Wildman–Crippen LogP) is 3.90. The number of hydrogen-bond acceptors (Lipinski definition) is 0. The Bertz CT molecular complexity index is 302. The van der Waals surface area contributed by atoms with E-state index >= 15 is 0 Å². The van der Waals surface area contributed by atoms with Gasteiger partial charge >= 0.3 is 0 Å². The first-order chi connectivity index (χ1) is 6.77. The fraction of sp³-hybridized carbons (Fsp3) is 0.385. The summed E-state index contributed by atoms with van der Waals surface area (Å²) in [5, 5.41) is 0. The van der Waals surface area contributed by atoms with E-state index in [-0.39, 0.29) is 5.82 Å². The number of benzene rings is 1. The van der Waals surface area contributed by atoms with Crippen LogP contribution < -0.4 is 0 Å². The molecule has 0 N–H and O–H groups in total. The van der Waals surface area contributed by atoms with Crippen molar-refractivity contribution in [2.24, 2.45) is 0 Å². The highest BCUT2D eigenvalue weighted by Crippen LogP contribution is 2.14. The number of allylic oxidation sites excluding steroid dienone is 1. The van der Waals surface area contributed by atoms with Gasteiger partial charge in [0.2, 0.25) is 0 Å². The lowest BCUT2D eigenvalue weighted by Crippen LogP contribution is -1.93. The highest BCUT2D eigenvalue weighted by Gasteiger charge is 2.01. The van der Waals surface area contributed by atoms with Crippen LogP contribution in [0.25, 0.3) is 0 Å². The third kappa shape index (κ3) is 2.99. The van der Waals surface area contributed by atoms with Gasteiger partial charge in [0.1, 0.15) is 5.82 Å². The van der Waals surface area contributed by atoms with Crippen molar-refractivity contribution >= 4 is 0 Å². The van der Waals surface area contributed by atoms with Crippen LogP contribution in [0.15, 0.2) is 30.9 Å². The minimum Gasteiger partial charge on any atom is -0.207 e. The Morgan fingerprint density at radius 1 is 1.36 bits per heavy atom. The van der Waals surface area contributed by atoms with E-state index in [1.807, 2.05) is 18.2 Å². The van der Waals surface area contributed by atoms with Crippen LogP contribution in [0, 0.1) is 5.82 Å². The number of hydrogen-bond donors (Lipinski definition) is 0. The van der Waals surface area contributed by atoms with Crippen LogP contribution in [0.3, 0.4) is 0 Å². The maximum atomic E-state index is 13.3. The van der Waals surface area contributed by atoms with Gasteiger partial charge in [0.25, 0.3) is 0 Å². The fourth-order valence-corrected chi connectivity index (χ4v) is 1.51. The third-order valence-electron chi connectivity index (χ3n) is 2.27. The van der Waals surface area contributed by atoms with Gasteiger partial charge < -0.3 is 0 Å². The molecule has 0 aromatic heterocycles. The first-order valence-electron chi connectivity index (χ1n) is 5.16. The van der Waals surface area contributed by atoms with Gasteiger partial charge in [-0.25, -0.2) is 4.39 Å². The monoisotopic (exact) mass is 192 g/mol. The van der Waals surface area contributed by atoms with Crippen molar-refractivity contribution in [1.82, 2.24) is 0 Å². The second kappa shape index (κ2) is 5.58. The van der Waals surface area contributed by atoms with Crippen LogP contribution in [-0.4, -0.2) is 0 Å². The topological polar surface area (TPSA) is 0 Å².